The lowest BCUT2D eigenvalue weighted by Gasteiger charge is -2.13. The Morgan fingerprint density at radius 3 is 1.88 bits per heavy atom. The van der Waals surface area contributed by atoms with Crippen molar-refractivity contribution in [3.05, 3.63) is 64.1 Å². The predicted molar refractivity (Wildman–Crippen MR) is 127 cm³/mol. The minimum Gasteiger partial charge on any atom is -0.497 e. The van der Waals surface area contributed by atoms with Gasteiger partial charge in [0.05, 0.1) is 31.7 Å². The maximum atomic E-state index is 13.2. The lowest BCUT2D eigenvalue weighted by atomic mass is 10.0. The van der Waals surface area contributed by atoms with Crippen LogP contribution in [0.1, 0.15) is 41.5 Å². The number of rotatable bonds is 8. The molecule has 2 aromatic carbocycles. The van der Waals surface area contributed by atoms with Crippen LogP contribution in [0.15, 0.2) is 53.0 Å². The summed E-state index contributed by atoms with van der Waals surface area (Å²) in [6, 6.07) is 15.0. The topological polar surface area (TPSA) is 66.8 Å². The van der Waals surface area contributed by atoms with E-state index in [1.807, 2.05) is 60.0 Å². The number of ether oxygens (including phenoxy) is 3. The van der Waals surface area contributed by atoms with Gasteiger partial charge in [-0.05, 0) is 62.7 Å². The van der Waals surface area contributed by atoms with E-state index in [-0.39, 0.29) is 24.3 Å². The molecule has 0 amide bonds. The van der Waals surface area contributed by atoms with Gasteiger partial charge in [-0.2, -0.15) is 0 Å². The van der Waals surface area contributed by atoms with Crippen LogP contribution in [0.2, 0.25) is 0 Å². The van der Waals surface area contributed by atoms with Crippen LogP contribution < -0.4 is 4.74 Å². The van der Waals surface area contributed by atoms with Crippen LogP contribution >= 0.6 is 15.9 Å². The summed E-state index contributed by atoms with van der Waals surface area (Å²) in [6.07, 6.45) is 0. The molecule has 0 saturated carbocycles. The second-order valence-electron chi connectivity index (χ2n) is 6.87. The second kappa shape index (κ2) is 10.5. The van der Waals surface area contributed by atoms with Gasteiger partial charge in [0.15, 0.2) is 0 Å². The molecule has 0 bridgehead atoms. The summed E-state index contributed by atoms with van der Waals surface area (Å²) in [4.78, 5) is 26.4. The molecule has 1 aromatic heterocycles. The summed E-state index contributed by atoms with van der Waals surface area (Å²) >= 11 is 3.51. The lowest BCUT2D eigenvalue weighted by molar-refractivity contribution is 0.0481. The smallest absolute Gasteiger partial charge is 0.341 e. The molecule has 6 nitrogen and oxygen atoms in total. The molecule has 0 unspecified atom stereocenters. The van der Waals surface area contributed by atoms with E-state index in [9.17, 15) is 9.59 Å². The number of carbonyl (C=O) groups is 2. The number of methoxy groups -OCH3 is 1. The Hall–Kier alpha value is -3.06. The van der Waals surface area contributed by atoms with Gasteiger partial charge in [0.2, 0.25) is 0 Å². The van der Waals surface area contributed by atoms with Crippen molar-refractivity contribution < 1.29 is 23.8 Å². The molecule has 1 heterocycles. The van der Waals surface area contributed by atoms with Gasteiger partial charge < -0.3 is 18.8 Å². The third kappa shape index (κ3) is 4.58. The highest BCUT2D eigenvalue weighted by Crippen LogP contribution is 2.39. The molecular weight excluding hydrogens is 474 g/mol. The number of nitrogens with zero attached hydrogens (tertiary/aromatic N) is 1. The van der Waals surface area contributed by atoms with Crippen LogP contribution in [0, 0.1) is 0 Å². The Kier molecular flexibility index (Phi) is 7.75. The summed E-state index contributed by atoms with van der Waals surface area (Å²) in [5, 5.41) is 0. The van der Waals surface area contributed by atoms with E-state index in [0.29, 0.717) is 23.7 Å². The van der Waals surface area contributed by atoms with Crippen molar-refractivity contribution in [2.75, 3.05) is 20.3 Å². The normalized spacial score (nSPS) is 10.7. The summed E-state index contributed by atoms with van der Waals surface area (Å²) in [7, 11) is 1.60. The lowest BCUT2D eigenvalue weighted by Crippen LogP contribution is -2.13. The summed E-state index contributed by atoms with van der Waals surface area (Å²) in [6.45, 7) is 6.34. The Labute approximate surface area is 196 Å². The molecule has 0 saturated heterocycles. The predicted octanol–water partition coefficient (Wildman–Crippen LogP) is 5.97. The molecule has 0 aliphatic carbocycles. The zero-order valence-corrected chi connectivity index (χ0v) is 20.2. The van der Waals surface area contributed by atoms with Crippen molar-refractivity contribution in [2.24, 2.45) is 0 Å². The van der Waals surface area contributed by atoms with Crippen molar-refractivity contribution in [2.45, 2.75) is 27.3 Å². The van der Waals surface area contributed by atoms with E-state index in [0.717, 1.165) is 15.6 Å². The number of aromatic nitrogens is 1. The maximum Gasteiger partial charge on any atom is 0.341 e. The van der Waals surface area contributed by atoms with Crippen LogP contribution in [-0.2, 0) is 16.0 Å². The SMILES string of the molecule is CCOC(=O)c1c(C(=O)OCC)c(-c2cccc(Br)c2)n(CC)c1-c1ccc(OC)cc1. The average Bonchev–Trinajstić information content (AvgIpc) is 3.15. The molecule has 0 aliphatic rings. The first-order valence-corrected chi connectivity index (χ1v) is 11.3. The fraction of sp³-hybridized carbons (Fsp3) is 0.280. The standard InChI is InChI=1S/C25H26BrNO5/c1-5-27-22(16-11-13-19(30-4)14-12-16)20(24(28)31-6-2)21(25(29)32-7-3)23(27)17-9-8-10-18(26)15-17/h8-15H,5-7H2,1-4H3. The van der Waals surface area contributed by atoms with Gasteiger partial charge in [0.1, 0.15) is 16.9 Å². The van der Waals surface area contributed by atoms with E-state index >= 15 is 0 Å². The fourth-order valence-corrected chi connectivity index (χ4v) is 4.12. The highest BCUT2D eigenvalue weighted by atomic mass is 79.9. The Balaban J connectivity index is 2.44. The highest BCUT2D eigenvalue weighted by Gasteiger charge is 2.33. The summed E-state index contributed by atoms with van der Waals surface area (Å²) < 4.78 is 18.9. The van der Waals surface area contributed by atoms with Gasteiger partial charge in [0.25, 0.3) is 0 Å². The van der Waals surface area contributed by atoms with Gasteiger partial charge in [-0.3, -0.25) is 0 Å². The second-order valence-corrected chi connectivity index (χ2v) is 7.79. The number of benzene rings is 2. The third-order valence-corrected chi connectivity index (χ3v) is 5.49. The van der Waals surface area contributed by atoms with E-state index < -0.39 is 11.9 Å². The van der Waals surface area contributed by atoms with E-state index in [1.54, 1.807) is 21.0 Å². The van der Waals surface area contributed by atoms with Crippen molar-refractivity contribution in [1.82, 2.24) is 4.57 Å². The summed E-state index contributed by atoms with van der Waals surface area (Å²) in [5.41, 5.74) is 3.17. The van der Waals surface area contributed by atoms with Crippen molar-refractivity contribution in [3.8, 4) is 28.3 Å². The molecule has 0 aliphatic heterocycles. The molecule has 0 spiro atoms. The van der Waals surface area contributed by atoms with Crippen molar-refractivity contribution in [1.29, 1.82) is 0 Å². The van der Waals surface area contributed by atoms with Crippen LogP contribution in [0.4, 0.5) is 0 Å². The van der Waals surface area contributed by atoms with Gasteiger partial charge in [0, 0.05) is 16.6 Å². The fourth-order valence-electron chi connectivity index (χ4n) is 3.72. The zero-order chi connectivity index (χ0) is 23.3. The van der Waals surface area contributed by atoms with Gasteiger partial charge in [-0.15, -0.1) is 0 Å². The van der Waals surface area contributed by atoms with E-state index in [4.69, 9.17) is 14.2 Å². The van der Waals surface area contributed by atoms with Gasteiger partial charge >= 0.3 is 11.9 Å². The number of carbonyl (C=O) groups excluding carboxylic acids is 2. The molecule has 32 heavy (non-hydrogen) atoms. The molecule has 3 rings (SSSR count). The number of esters is 2. The van der Waals surface area contributed by atoms with Crippen LogP contribution in [0.25, 0.3) is 22.5 Å². The number of halogens is 1. The van der Waals surface area contributed by atoms with E-state index in [2.05, 4.69) is 15.9 Å². The Morgan fingerprint density at radius 1 is 0.844 bits per heavy atom. The number of hydrogen-bond donors (Lipinski definition) is 0. The molecule has 0 radical (unpaired) electrons. The first-order valence-electron chi connectivity index (χ1n) is 10.5. The first-order chi connectivity index (χ1) is 15.5. The van der Waals surface area contributed by atoms with Crippen molar-refractivity contribution in [3.63, 3.8) is 0 Å². The largest absolute Gasteiger partial charge is 0.497 e. The Bertz CT molecular complexity index is 1120. The highest BCUT2D eigenvalue weighted by molar-refractivity contribution is 9.10. The first kappa shape index (κ1) is 23.6. The maximum absolute atomic E-state index is 13.2. The van der Waals surface area contributed by atoms with E-state index in [1.165, 1.54) is 0 Å². The van der Waals surface area contributed by atoms with Crippen molar-refractivity contribution >= 4 is 27.9 Å². The Morgan fingerprint density at radius 2 is 1.41 bits per heavy atom. The van der Waals surface area contributed by atoms with Crippen LogP contribution in [-0.4, -0.2) is 36.8 Å². The van der Waals surface area contributed by atoms with Gasteiger partial charge in [-0.1, -0.05) is 28.1 Å². The average molecular weight is 500 g/mol. The third-order valence-electron chi connectivity index (χ3n) is 5.00. The summed E-state index contributed by atoms with van der Waals surface area (Å²) in [5.74, 6) is -0.434. The quantitative estimate of drug-likeness (QED) is 0.357. The minimum atomic E-state index is -0.565. The zero-order valence-electron chi connectivity index (χ0n) is 18.6. The van der Waals surface area contributed by atoms with Crippen LogP contribution in [0.3, 0.4) is 0 Å². The molecular formula is C25H26BrNO5. The molecule has 168 valence electrons. The molecule has 0 atom stereocenters. The monoisotopic (exact) mass is 499 g/mol. The van der Waals surface area contributed by atoms with Crippen LogP contribution in [0.5, 0.6) is 5.75 Å². The molecule has 0 N–H and O–H groups in total. The number of hydrogen-bond acceptors (Lipinski definition) is 5. The minimum absolute atomic E-state index is 0.187. The molecule has 3 aromatic rings. The molecule has 7 heteroatoms. The van der Waals surface area contributed by atoms with Gasteiger partial charge in [-0.25, -0.2) is 9.59 Å². The molecule has 0 fully saturated rings.